The first-order chi connectivity index (χ1) is 17.5. The van der Waals surface area contributed by atoms with E-state index in [4.69, 9.17) is 23.4 Å². The van der Waals surface area contributed by atoms with Crippen molar-refractivity contribution in [2.75, 3.05) is 13.4 Å². The molecular weight excluding hydrogens is 596 g/mol. The molecule has 3 aromatic carbocycles. The van der Waals surface area contributed by atoms with Gasteiger partial charge < -0.3 is 23.4 Å². The van der Waals surface area contributed by atoms with Gasteiger partial charge in [-0.2, -0.15) is 5.10 Å². The summed E-state index contributed by atoms with van der Waals surface area (Å²) in [5.41, 5.74) is 4.74. The highest BCUT2D eigenvalue weighted by Gasteiger charge is 2.15. The highest BCUT2D eigenvalue weighted by atomic mass is 79.9. The zero-order chi connectivity index (χ0) is 25.1. The van der Waals surface area contributed by atoms with Gasteiger partial charge in [0.15, 0.2) is 28.8 Å². The SMILES string of the molecule is CCOc1cc(/C=N/NC(=O)c2cc3cc(Br)ccc3o2)c(Br)cc1OCc1ccc2c(c1)OCO2. The zero-order valence-corrected chi connectivity index (χ0v) is 22.2. The lowest BCUT2D eigenvalue weighted by atomic mass is 10.2. The molecule has 0 saturated heterocycles. The number of benzene rings is 3. The van der Waals surface area contributed by atoms with Gasteiger partial charge in [0, 0.05) is 19.9 Å². The molecule has 2 heterocycles. The molecule has 1 aliphatic rings. The van der Waals surface area contributed by atoms with Crippen molar-refractivity contribution in [3.8, 4) is 23.0 Å². The lowest BCUT2D eigenvalue weighted by Crippen LogP contribution is -2.16. The van der Waals surface area contributed by atoms with E-state index in [2.05, 4.69) is 42.4 Å². The molecule has 0 fully saturated rings. The van der Waals surface area contributed by atoms with Gasteiger partial charge in [0.05, 0.1) is 12.8 Å². The Kier molecular flexibility index (Phi) is 7.15. The number of hydrazone groups is 1. The fourth-order valence-electron chi connectivity index (χ4n) is 3.56. The summed E-state index contributed by atoms with van der Waals surface area (Å²) in [6.07, 6.45) is 1.52. The number of rotatable bonds is 8. The summed E-state index contributed by atoms with van der Waals surface area (Å²) >= 11 is 6.95. The van der Waals surface area contributed by atoms with Crippen molar-refractivity contribution in [3.63, 3.8) is 0 Å². The molecule has 0 spiro atoms. The van der Waals surface area contributed by atoms with E-state index in [0.29, 0.717) is 41.6 Å². The van der Waals surface area contributed by atoms with Crippen molar-refractivity contribution >= 4 is 55.0 Å². The number of fused-ring (bicyclic) bond motifs is 2. The smallest absolute Gasteiger partial charge is 0.307 e. The third-order valence-corrected chi connectivity index (χ3v) is 6.45. The highest BCUT2D eigenvalue weighted by molar-refractivity contribution is 9.10. The topological polar surface area (TPSA) is 91.5 Å². The van der Waals surface area contributed by atoms with E-state index in [1.807, 2.05) is 37.3 Å². The number of amides is 1. The minimum Gasteiger partial charge on any atom is -0.490 e. The Morgan fingerprint density at radius 2 is 1.86 bits per heavy atom. The third-order valence-electron chi connectivity index (χ3n) is 5.27. The van der Waals surface area contributed by atoms with Crippen LogP contribution in [0.5, 0.6) is 23.0 Å². The minimum absolute atomic E-state index is 0.168. The standard InChI is InChI=1S/C26H20Br2N2O6/c1-2-32-23-10-17(12-29-30-26(31)25-9-16-8-18(27)4-6-20(16)36-25)19(28)11-24(23)33-13-15-3-5-21-22(7-15)35-14-34-21/h3-12H,2,13-14H2,1H3,(H,30,31)/b29-12+. The first kappa shape index (κ1) is 24.2. The van der Waals surface area contributed by atoms with Gasteiger partial charge in [0.2, 0.25) is 6.79 Å². The van der Waals surface area contributed by atoms with E-state index in [1.54, 1.807) is 24.3 Å². The van der Waals surface area contributed by atoms with E-state index in [0.717, 1.165) is 25.6 Å². The van der Waals surface area contributed by atoms with Crippen LogP contribution in [0.1, 0.15) is 28.6 Å². The van der Waals surface area contributed by atoms with Crippen molar-refractivity contribution < 1.29 is 28.2 Å². The Labute approximate surface area is 223 Å². The predicted molar refractivity (Wildman–Crippen MR) is 141 cm³/mol. The van der Waals surface area contributed by atoms with Crippen LogP contribution in [0.3, 0.4) is 0 Å². The van der Waals surface area contributed by atoms with E-state index in [-0.39, 0.29) is 12.6 Å². The van der Waals surface area contributed by atoms with Crippen LogP contribution >= 0.6 is 31.9 Å². The van der Waals surface area contributed by atoms with Crippen LogP contribution in [0.25, 0.3) is 11.0 Å². The van der Waals surface area contributed by atoms with Gasteiger partial charge in [-0.3, -0.25) is 4.79 Å². The maximum absolute atomic E-state index is 12.5. The molecule has 184 valence electrons. The Morgan fingerprint density at radius 3 is 2.72 bits per heavy atom. The first-order valence-corrected chi connectivity index (χ1v) is 12.6. The van der Waals surface area contributed by atoms with Crippen LogP contribution in [-0.4, -0.2) is 25.5 Å². The summed E-state index contributed by atoms with van der Waals surface area (Å²) in [5.74, 6) is 2.25. The van der Waals surface area contributed by atoms with Gasteiger partial charge in [0.25, 0.3) is 0 Å². The highest BCUT2D eigenvalue weighted by Crippen LogP contribution is 2.36. The average Bonchev–Trinajstić information content (AvgIpc) is 3.51. The molecule has 0 bridgehead atoms. The number of halogens is 2. The second-order valence-corrected chi connectivity index (χ2v) is 9.49. The normalized spacial score (nSPS) is 12.3. The van der Waals surface area contributed by atoms with E-state index in [9.17, 15) is 4.79 Å². The fraction of sp³-hybridized carbons (Fsp3) is 0.154. The summed E-state index contributed by atoms with van der Waals surface area (Å²) in [4.78, 5) is 12.5. The van der Waals surface area contributed by atoms with Crippen LogP contribution in [0, 0.1) is 0 Å². The number of furan rings is 1. The molecule has 0 saturated carbocycles. The van der Waals surface area contributed by atoms with E-state index < -0.39 is 5.91 Å². The first-order valence-electron chi connectivity index (χ1n) is 11.0. The van der Waals surface area contributed by atoms with Crippen molar-refractivity contribution in [3.05, 3.63) is 80.4 Å². The lowest BCUT2D eigenvalue weighted by molar-refractivity contribution is 0.0929. The number of nitrogens with zero attached hydrogens (tertiary/aromatic N) is 1. The van der Waals surface area contributed by atoms with E-state index in [1.165, 1.54) is 6.21 Å². The van der Waals surface area contributed by atoms with Crippen molar-refractivity contribution in [2.24, 2.45) is 5.10 Å². The summed E-state index contributed by atoms with van der Waals surface area (Å²) in [7, 11) is 0. The number of carbonyl (C=O) groups excluding carboxylic acids is 1. The van der Waals surface area contributed by atoms with Crippen LogP contribution in [-0.2, 0) is 6.61 Å². The van der Waals surface area contributed by atoms with Crippen LogP contribution in [0.15, 0.2) is 73.1 Å². The van der Waals surface area contributed by atoms with Gasteiger partial charge >= 0.3 is 5.91 Å². The number of hydrogen-bond donors (Lipinski definition) is 1. The summed E-state index contributed by atoms with van der Waals surface area (Å²) in [6, 6.07) is 16.5. The molecule has 1 aromatic heterocycles. The maximum atomic E-state index is 12.5. The molecule has 0 radical (unpaired) electrons. The van der Waals surface area contributed by atoms with Gasteiger partial charge in [-0.1, -0.05) is 22.0 Å². The van der Waals surface area contributed by atoms with Gasteiger partial charge in [-0.25, -0.2) is 5.43 Å². The summed E-state index contributed by atoms with van der Waals surface area (Å²) < 4.78 is 29.8. The predicted octanol–water partition coefficient (Wildman–Crippen LogP) is 6.43. The monoisotopic (exact) mass is 614 g/mol. The van der Waals surface area contributed by atoms with Crippen LogP contribution in [0.2, 0.25) is 0 Å². The molecular formula is C26H20Br2N2O6. The molecule has 1 amide bonds. The fourth-order valence-corrected chi connectivity index (χ4v) is 4.37. The van der Waals surface area contributed by atoms with Crippen molar-refractivity contribution in [1.29, 1.82) is 0 Å². The second-order valence-electron chi connectivity index (χ2n) is 7.72. The van der Waals surface area contributed by atoms with Gasteiger partial charge in [0.1, 0.15) is 12.2 Å². The maximum Gasteiger partial charge on any atom is 0.307 e. The summed E-state index contributed by atoms with van der Waals surface area (Å²) in [5, 5.41) is 4.90. The van der Waals surface area contributed by atoms with Gasteiger partial charge in [-0.15, -0.1) is 0 Å². The average molecular weight is 616 g/mol. The molecule has 1 N–H and O–H groups in total. The molecule has 0 atom stereocenters. The molecule has 0 aliphatic carbocycles. The molecule has 10 heteroatoms. The molecule has 8 nitrogen and oxygen atoms in total. The summed E-state index contributed by atoms with van der Waals surface area (Å²) in [6.45, 7) is 2.89. The van der Waals surface area contributed by atoms with Crippen LogP contribution < -0.4 is 24.4 Å². The zero-order valence-electron chi connectivity index (χ0n) is 19.0. The molecule has 4 aromatic rings. The largest absolute Gasteiger partial charge is 0.490 e. The molecule has 36 heavy (non-hydrogen) atoms. The van der Waals surface area contributed by atoms with Crippen molar-refractivity contribution in [2.45, 2.75) is 13.5 Å². The Bertz CT molecular complexity index is 1470. The quantitative estimate of drug-likeness (QED) is 0.181. The molecule has 5 rings (SSSR count). The Balaban J connectivity index is 1.27. The van der Waals surface area contributed by atoms with Gasteiger partial charge in [-0.05, 0) is 76.9 Å². The van der Waals surface area contributed by atoms with E-state index >= 15 is 0 Å². The number of ether oxygens (including phenoxy) is 4. The Morgan fingerprint density at radius 1 is 1.03 bits per heavy atom. The molecule has 0 unspecified atom stereocenters. The Hall–Kier alpha value is -3.50. The number of nitrogens with one attached hydrogen (secondary N) is 1. The number of hydrogen-bond acceptors (Lipinski definition) is 7. The third kappa shape index (κ3) is 5.34. The van der Waals surface area contributed by atoms with Crippen molar-refractivity contribution in [1.82, 2.24) is 5.43 Å². The lowest BCUT2D eigenvalue weighted by Gasteiger charge is -2.14. The number of carbonyl (C=O) groups is 1. The van der Waals surface area contributed by atoms with Crippen LogP contribution in [0.4, 0.5) is 0 Å². The molecule has 1 aliphatic heterocycles. The minimum atomic E-state index is -0.455. The second kappa shape index (κ2) is 10.6.